The van der Waals surface area contributed by atoms with Gasteiger partial charge in [0.25, 0.3) is 0 Å². The monoisotopic (exact) mass is 174 g/mol. The standard InChI is InChI=1S/C9H10N4/c1-5-7(10)6(2)13-9-8(5)11-3-4-12-9/h3-4H,10H2,1-2H3. The molecule has 4 nitrogen and oxygen atoms in total. The van der Waals surface area contributed by atoms with Crippen LogP contribution < -0.4 is 5.73 Å². The molecule has 66 valence electrons. The van der Waals surface area contributed by atoms with Gasteiger partial charge in [0, 0.05) is 18.0 Å². The molecule has 0 saturated carbocycles. The van der Waals surface area contributed by atoms with Gasteiger partial charge >= 0.3 is 0 Å². The zero-order valence-corrected chi connectivity index (χ0v) is 7.57. The van der Waals surface area contributed by atoms with Crippen molar-refractivity contribution in [1.29, 1.82) is 0 Å². The summed E-state index contributed by atoms with van der Waals surface area (Å²) < 4.78 is 0. The molecule has 0 atom stereocenters. The molecule has 0 fully saturated rings. The molecule has 0 aliphatic heterocycles. The van der Waals surface area contributed by atoms with E-state index in [0.29, 0.717) is 11.3 Å². The molecule has 2 aromatic rings. The van der Waals surface area contributed by atoms with Gasteiger partial charge in [-0.25, -0.2) is 9.97 Å². The number of aromatic nitrogens is 3. The van der Waals surface area contributed by atoms with Crippen molar-refractivity contribution < 1.29 is 0 Å². The summed E-state index contributed by atoms with van der Waals surface area (Å²) in [6.45, 7) is 3.80. The van der Waals surface area contributed by atoms with Gasteiger partial charge in [0.2, 0.25) is 0 Å². The highest BCUT2D eigenvalue weighted by molar-refractivity contribution is 5.79. The SMILES string of the molecule is Cc1nc2nccnc2c(C)c1N. The highest BCUT2D eigenvalue weighted by Gasteiger charge is 2.06. The van der Waals surface area contributed by atoms with Crippen molar-refractivity contribution in [3.8, 4) is 0 Å². The summed E-state index contributed by atoms with van der Waals surface area (Å²) in [5, 5.41) is 0. The number of nitrogen functional groups attached to an aromatic ring is 1. The van der Waals surface area contributed by atoms with Crippen LogP contribution in [-0.2, 0) is 0 Å². The van der Waals surface area contributed by atoms with E-state index in [-0.39, 0.29) is 0 Å². The normalized spacial score (nSPS) is 10.6. The second-order valence-electron chi connectivity index (χ2n) is 2.96. The van der Waals surface area contributed by atoms with Crippen molar-refractivity contribution in [2.24, 2.45) is 0 Å². The Balaban J connectivity index is 2.94. The number of aryl methyl sites for hydroxylation is 2. The van der Waals surface area contributed by atoms with Gasteiger partial charge in [0.05, 0.1) is 11.4 Å². The lowest BCUT2D eigenvalue weighted by molar-refractivity contribution is 1.16. The average Bonchev–Trinajstić information content (AvgIpc) is 2.15. The first-order chi connectivity index (χ1) is 6.20. The third-order valence-corrected chi connectivity index (χ3v) is 2.10. The molecule has 0 saturated heterocycles. The van der Waals surface area contributed by atoms with Crippen molar-refractivity contribution in [2.45, 2.75) is 13.8 Å². The van der Waals surface area contributed by atoms with E-state index in [4.69, 9.17) is 5.73 Å². The third-order valence-electron chi connectivity index (χ3n) is 2.10. The highest BCUT2D eigenvalue weighted by Crippen LogP contribution is 2.20. The van der Waals surface area contributed by atoms with Gasteiger partial charge in [-0.1, -0.05) is 0 Å². The number of anilines is 1. The summed E-state index contributed by atoms with van der Waals surface area (Å²) >= 11 is 0. The number of fused-ring (bicyclic) bond motifs is 1. The Morgan fingerprint density at radius 2 is 1.85 bits per heavy atom. The topological polar surface area (TPSA) is 64.7 Å². The molecular formula is C9H10N4. The largest absolute Gasteiger partial charge is 0.397 e. The molecule has 2 aromatic heterocycles. The lowest BCUT2D eigenvalue weighted by Gasteiger charge is -2.05. The second kappa shape index (κ2) is 2.65. The Labute approximate surface area is 75.8 Å². The predicted octanol–water partition coefficient (Wildman–Crippen LogP) is 1.22. The fourth-order valence-corrected chi connectivity index (χ4v) is 1.30. The smallest absolute Gasteiger partial charge is 0.178 e. The molecule has 0 spiro atoms. The zero-order valence-electron chi connectivity index (χ0n) is 7.57. The van der Waals surface area contributed by atoms with E-state index in [1.54, 1.807) is 12.4 Å². The molecule has 0 unspecified atom stereocenters. The van der Waals surface area contributed by atoms with Crippen LogP contribution in [0.25, 0.3) is 11.2 Å². The van der Waals surface area contributed by atoms with E-state index >= 15 is 0 Å². The molecule has 0 aromatic carbocycles. The Morgan fingerprint density at radius 1 is 1.15 bits per heavy atom. The first-order valence-electron chi connectivity index (χ1n) is 4.03. The molecule has 4 heteroatoms. The zero-order chi connectivity index (χ0) is 9.42. The van der Waals surface area contributed by atoms with E-state index in [0.717, 1.165) is 16.8 Å². The number of hydrogen-bond acceptors (Lipinski definition) is 4. The predicted molar refractivity (Wildman–Crippen MR) is 51.2 cm³/mol. The number of nitrogens with zero attached hydrogens (tertiary/aromatic N) is 3. The Bertz CT molecular complexity index is 464. The maximum absolute atomic E-state index is 5.82. The van der Waals surface area contributed by atoms with Gasteiger partial charge in [-0.15, -0.1) is 0 Å². The molecule has 2 rings (SSSR count). The van der Waals surface area contributed by atoms with Gasteiger partial charge in [-0.3, -0.25) is 4.98 Å². The van der Waals surface area contributed by atoms with Gasteiger partial charge < -0.3 is 5.73 Å². The van der Waals surface area contributed by atoms with Crippen LogP contribution in [0.4, 0.5) is 5.69 Å². The Hall–Kier alpha value is -1.71. The van der Waals surface area contributed by atoms with Crippen LogP contribution in [0.5, 0.6) is 0 Å². The van der Waals surface area contributed by atoms with Gasteiger partial charge in [0.15, 0.2) is 5.65 Å². The second-order valence-corrected chi connectivity index (χ2v) is 2.96. The lowest BCUT2D eigenvalue weighted by atomic mass is 10.2. The van der Waals surface area contributed by atoms with Crippen molar-refractivity contribution in [3.05, 3.63) is 23.7 Å². The number of rotatable bonds is 0. The maximum Gasteiger partial charge on any atom is 0.178 e. The van der Waals surface area contributed by atoms with E-state index in [1.165, 1.54) is 0 Å². The van der Waals surface area contributed by atoms with Crippen LogP contribution in [0.2, 0.25) is 0 Å². The average molecular weight is 174 g/mol. The molecule has 0 aliphatic rings. The van der Waals surface area contributed by atoms with Gasteiger partial charge in [-0.2, -0.15) is 0 Å². The van der Waals surface area contributed by atoms with E-state index in [2.05, 4.69) is 15.0 Å². The van der Waals surface area contributed by atoms with Gasteiger partial charge in [0.1, 0.15) is 5.52 Å². The minimum Gasteiger partial charge on any atom is -0.397 e. The molecule has 2 heterocycles. The van der Waals surface area contributed by atoms with Crippen LogP contribution in [0.3, 0.4) is 0 Å². The molecule has 0 radical (unpaired) electrons. The molecule has 13 heavy (non-hydrogen) atoms. The maximum atomic E-state index is 5.82. The number of nitrogens with two attached hydrogens (primary N) is 1. The van der Waals surface area contributed by atoms with Gasteiger partial charge in [-0.05, 0) is 13.8 Å². The highest BCUT2D eigenvalue weighted by atomic mass is 14.9. The summed E-state index contributed by atoms with van der Waals surface area (Å²) in [5.74, 6) is 0. The minimum atomic E-state index is 0.659. The van der Waals surface area contributed by atoms with Crippen LogP contribution in [0.1, 0.15) is 11.3 Å². The minimum absolute atomic E-state index is 0.659. The van der Waals surface area contributed by atoms with Crippen molar-refractivity contribution in [1.82, 2.24) is 15.0 Å². The number of pyridine rings is 1. The Morgan fingerprint density at radius 3 is 2.62 bits per heavy atom. The first-order valence-corrected chi connectivity index (χ1v) is 4.03. The molecule has 2 N–H and O–H groups in total. The van der Waals surface area contributed by atoms with Crippen molar-refractivity contribution in [2.75, 3.05) is 5.73 Å². The molecule has 0 amide bonds. The van der Waals surface area contributed by atoms with E-state index in [9.17, 15) is 0 Å². The fraction of sp³-hybridized carbons (Fsp3) is 0.222. The first kappa shape index (κ1) is 7.91. The van der Waals surface area contributed by atoms with Crippen LogP contribution in [0, 0.1) is 13.8 Å². The number of hydrogen-bond donors (Lipinski definition) is 1. The van der Waals surface area contributed by atoms with Crippen molar-refractivity contribution in [3.63, 3.8) is 0 Å². The summed E-state index contributed by atoms with van der Waals surface area (Å²) in [5.41, 5.74) is 9.73. The molecule has 0 aliphatic carbocycles. The van der Waals surface area contributed by atoms with E-state index in [1.807, 2.05) is 13.8 Å². The van der Waals surface area contributed by atoms with Crippen molar-refractivity contribution >= 4 is 16.9 Å². The third kappa shape index (κ3) is 1.11. The summed E-state index contributed by atoms with van der Waals surface area (Å²) in [4.78, 5) is 12.5. The summed E-state index contributed by atoms with van der Waals surface area (Å²) in [7, 11) is 0. The van der Waals surface area contributed by atoms with Crippen LogP contribution >= 0.6 is 0 Å². The summed E-state index contributed by atoms with van der Waals surface area (Å²) in [6, 6.07) is 0. The fourth-order valence-electron chi connectivity index (χ4n) is 1.30. The molecule has 0 bridgehead atoms. The van der Waals surface area contributed by atoms with Crippen LogP contribution in [-0.4, -0.2) is 15.0 Å². The van der Waals surface area contributed by atoms with E-state index < -0.39 is 0 Å². The quantitative estimate of drug-likeness (QED) is 0.652. The lowest BCUT2D eigenvalue weighted by Crippen LogP contribution is -2.00. The Kier molecular flexibility index (Phi) is 1.62. The molecular weight excluding hydrogens is 164 g/mol. The van der Waals surface area contributed by atoms with Crippen LogP contribution in [0.15, 0.2) is 12.4 Å². The summed E-state index contributed by atoms with van der Waals surface area (Å²) in [6.07, 6.45) is 3.27.